The van der Waals surface area contributed by atoms with E-state index in [1.54, 1.807) is 6.33 Å². The number of imidazole rings is 1. The number of H-pyrrole nitrogens is 1. The van der Waals surface area contributed by atoms with Crippen LogP contribution in [0.5, 0.6) is 5.75 Å². The number of ether oxygens (including phenoxy) is 1. The van der Waals surface area contributed by atoms with E-state index in [2.05, 4.69) is 15.3 Å². The lowest BCUT2D eigenvalue weighted by Crippen LogP contribution is -2.34. The van der Waals surface area contributed by atoms with Crippen molar-refractivity contribution < 1.29 is 9.53 Å². The maximum absolute atomic E-state index is 12.2. The normalized spacial score (nSPS) is 15.9. The van der Waals surface area contributed by atoms with Gasteiger partial charge in [0.25, 0.3) is 0 Å². The van der Waals surface area contributed by atoms with E-state index in [0.717, 1.165) is 49.2 Å². The van der Waals surface area contributed by atoms with Gasteiger partial charge in [0, 0.05) is 24.6 Å². The number of aromatic amines is 1. The minimum Gasteiger partial charge on any atom is -0.494 e. The van der Waals surface area contributed by atoms with Crippen molar-refractivity contribution in [3.63, 3.8) is 0 Å². The number of amides is 1. The van der Waals surface area contributed by atoms with Crippen LogP contribution in [-0.2, 0) is 17.6 Å². The van der Waals surface area contributed by atoms with E-state index in [4.69, 9.17) is 4.74 Å². The number of carbonyl (C=O) groups is 1. The maximum atomic E-state index is 12.2. The summed E-state index contributed by atoms with van der Waals surface area (Å²) in [5, 5.41) is 3.05. The van der Waals surface area contributed by atoms with Crippen LogP contribution in [0.15, 0.2) is 36.7 Å². The van der Waals surface area contributed by atoms with Gasteiger partial charge in [0.2, 0.25) is 5.91 Å². The Morgan fingerprint density at radius 1 is 1.29 bits per heavy atom. The zero-order valence-corrected chi connectivity index (χ0v) is 14.5. The van der Waals surface area contributed by atoms with Gasteiger partial charge < -0.3 is 15.0 Å². The summed E-state index contributed by atoms with van der Waals surface area (Å²) in [7, 11) is 0. The second-order valence-corrected chi connectivity index (χ2v) is 5.93. The molecule has 1 aliphatic carbocycles. The van der Waals surface area contributed by atoms with Crippen molar-refractivity contribution >= 4 is 18.3 Å². The highest BCUT2D eigenvalue weighted by Gasteiger charge is 2.25. The number of nitrogens with zero attached hydrogens (tertiary/aromatic N) is 1. The highest BCUT2D eigenvalue weighted by Crippen LogP contribution is 2.22. The molecule has 1 amide bonds. The van der Waals surface area contributed by atoms with Crippen molar-refractivity contribution in [3.8, 4) is 5.75 Å². The Balaban J connectivity index is 0.00000208. The van der Waals surface area contributed by atoms with Crippen LogP contribution in [0.4, 0.5) is 0 Å². The minimum absolute atomic E-state index is 0. The van der Waals surface area contributed by atoms with Gasteiger partial charge in [0.15, 0.2) is 0 Å². The zero-order valence-electron chi connectivity index (χ0n) is 13.7. The molecule has 24 heavy (non-hydrogen) atoms. The van der Waals surface area contributed by atoms with Gasteiger partial charge in [-0.05, 0) is 37.8 Å². The standard InChI is InChI=1S/C18H23N3O2.ClH/c22-18(14-8-9-16-17(12-14)21-13-20-16)19-10-4-5-11-23-15-6-2-1-3-7-15;/h1-3,6-7,13-14H,4-5,8-12H2,(H,19,22)(H,20,21);1H. The molecule has 6 heteroatoms. The average molecular weight is 350 g/mol. The van der Waals surface area contributed by atoms with Crippen molar-refractivity contribution in [2.75, 3.05) is 13.2 Å². The Morgan fingerprint density at radius 3 is 2.96 bits per heavy atom. The highest BCUT2D eigenvalue weighted by atomic mass is 35.5. The van der Waals surface area contributed by atoms with Crippen molar-refractivity contribution in [2.45, 2.75) is 32.1 Å². The number of aryl methyl sites for hydroxylation is 1. The van der Waals surface area contributed by atoms with Crippen LogP contribution in [0.3, 0.4) is 0 Å². The first-order chi connectivity index (χ1) is 11.3. The molecule has 1 aromatic heterocycles. The number of rotatable bonds is 7. The van der Waals surface area contributed by atoms with E-state index in [0.29, 0.717) is 13.2 Å². The Morgan fingerprint density at radius 2 is 2.12 bits per heavy atom. The molecule has 2 aromatic rings. The first-order valence-corrected chi connectivity index (χ1v) is 8.29. The van der Waals surface area contributed by atoms with E-state index in [1.165, 1.54) is 0 Å². The third-order valence-electron chi connectivity index (χ3n) is 4.24. The monoisotopic (exact) mass is 349 g/mol. The van der Waals surface area contributed by atoms with Gasteiger partial charge in [0.1, 0.15) is 5.75 Å². The topological polar surface area (TPSA) is 67.0 Å². The van der Waals surface area contributed by atoms with Gasteiger partial charge in [-0.25, -0.2) is 4.98 Å². The molecule has 2 N–H and O–H groups in total. The molecule has 1 heterocycles. The van der Waals surface area contributed by atoms with Crippen molar-refractivity contribution in [2.24, 2.45) is 5.92 Å². The Labute approximate surface area is 148 Å². The summed E-state index contributed by atoms with van der Waals surface area (Å²) >= 11 is 0. The van der Waals surface area contributed by atoms with Gasteiger partial charge in [-0.15, -0.1) is 12.4 Å². The van der Waals surface area contributed by atoms with Crippen LogP contribution >= 0.6 is 12.4 Å². The van der Waals surface area contributed by atoms with E-state index >= 15 is 0 Å². The molecule has 3 rings (SSSR count). The number of hydrogen-bond acceptors (Lipinski definition) is 3. The fourth-order valence-corrected chi connectivity index (χ4v) is 2.91. The van der Waals surface area contributed by atoms with Crippen LogP contribution in [0.1, 0.15) is 30.7 Å². The molecule has 0 fully saturated rings. The zero-order chi connectivity index (χ0) is 15.9. The molecule has 0 saturated heterocycles. The number of aromatic nitrogens is 2. The smallest absolute Gasteiger partial charge is 0.223 e. The van der Waals surface area contributed by atoms with Gasteiger partial charge in [-0.2, -0.15) is 0 Å². The summed E-state index contributed by atoms with van der Waals surface area (Å²) in [6.07, 6.45) is 6.14. The number of unbranched alkanes of at least 4 members (excludes halogenated alkanes) is 1. The predicted molar refractivity (Wildman–Crippen MR) is 95.5 cm³/mol. The Hall–Kier alpha value is -2.01. The number of para-hydroxylation sites is 1. The van der Waals surface area contributed by atoms with Gasteiger partial charge in [0.05, 0.1) is 18.6 Å². The lowest BCUT2D eigenvalue weighted by Gasteiger charge is -2.20. The molecule has 0 radical (unpaired) electrons. The SMILES string of the molecule is Cl.O=C(NCCCCOc1ccccc1)C1CCc2nc[nH]c2C1. The maximum Gasteiger partial charge on any atom is 0.223 e. The highest BCUT2D eigenvalue weighted by molar-refractivity contribution is 5.85. The quantitative estimate of drug-likeness (QED) is 0.755. The summed E-state index contributed by atoms with van der Waals surface area (Å²) < 4.78 is 5.64. The van der Waals surface area contributed by atoms with E-state index in [1.807, 2.05) is 30.3 Å². The summed E-state index contributed by atoms with van der Waals surface area (Å²) in [4.78, 5) is 19.6. The summed E-state index contributed by atoms with van der Waals surface area (Å²) in [5.74, 6) is 1.13. The van der Waals surface area contributed by atoms with Gasteiger partial charge in [-0.1, -0.05) is 18.2 Å². The van der Waals surface area contributed by atoms with Gasteiger partial charge >= 0.3 is 0 Å². The Kier molecular flexibility index (Phi) is 7.12. The predicted octanol–water partition coefficient (Wildman–Crippen LogP) is 2.91. The van der Waals surface area contributed by atoms with Crippen LogP contribution < -0.4 is 10.1 Å². The number of fused-ring (bicyclic) bond motifs is 1. The van der Waals surface area contributed by atoms with E-state index in [9.17, 15) is 4.79 Å². The first-order valence-electron chi connectivity index (χ1n) is 8.29. The Bertz CT molecular complexity index is 630. The van der Waals surface area contributed by atoms with E-state index in [-0.39, 0.29) is 24.2 Å². The molecule has 0 saturated carbocycles. The molecule has 5 nitrogen and oxygen atoms in total. The summed E-state index contributed by atoms with van der Waals surface area (Å²) in [5.41, 5.74) is 2.24. The molecule has 1 unspecified atom stereocenters. The first kappa shape index (κ1) is 18.3. The molecular formula is C18H24ClN3O2. The fraction of sp³-hybridized carbons (Fsp3) is 0.444. The van der Waals surface area contributed by atoms with Crippen LogP contribution in [-0.4, -0.2) is 29.0 Å². The molecule has 1 atom stereocenters. The van der Waals surface area contributed by atoms with E-state index < -0.39 is 0 Å². The average Bonchev–Trinajstić information content (AvgIpc) is 3.06. The minimum atomic E-state index is 0. The number of halogens is 1. The molecule has 0 aliphatic heterocycles. The van der Waals surface area contributed by atoms with Gasteiger partial charge in [-0.3, -0.25) is 4.79 Å². The third kappa shape index (κ3) is 4.99. The second kappa shape index (κ2) is 9.33. The number of hydrogen-bond donors (Lipinski definition) is 2. The summed E-state index contributed by atoms with van der Waals surface area (Å²) in [6.45, 7) is 1.39. The lowest BCUT2D eigenvalue weighted by molar-refractivity contribution is -0.125. The van der Waals surface area contributed by atoms with Crippen molar-refractivity contribution in [1.82, 2.24) is 15.3 Å². The van der Waals surface area contributed by atoms with Crippen molar-refractivity contribution in [1.29, 1.82) is 0 Å². The van der Waals surface area contributed by atoms with Crippen LogP contribution in [0, 0.1) is 5.92 Å². The number of benzene rings is 1. The van der Waals surface area contributed by atoms with Crippen LogP contribution in [0.2, 0.25) is 0 Å². The molecule has 130 valence electrons. The molecule has 1 aromatic carbocycles. The van der Waals surface area contributed by atoms with Crippen molar-refractivity contribution in [3.05, 3.63) is 48.0 Å². The largest absolute Gasteiger partial charge is 0.494 e. The number of nitrogens with one attached hydrogen (secondary N) is 2. The molecular weight excluding hydrogens is 326 g/mol. The third-order valence-corrected chi connectivity index (χ3v) is 4.24. The molecule has 1 aliphatic rings. The summed E-state index contributed by atoms with van der Waals surface area (Å²) in [6, 6.07) is 9.80. The van der Waals surface area contributed by atoms with Crippen LogP contribution in [0.25, 0.3) is 0 Å². The molecule has 0 spiro atoms. The molecule has 0 bridgehead atoms. The fourth-order valence-electron chi connectivity index (χ4n) is 2.91. The second-order valence-electron chi connectivity index (χ2n) is 5.93. The lowest BCUT2D eigenvalue weighted by atomic mass is 9.89. The number of carbonyl (C=O) groups excluding carboxylic acids is 1.